The van der Waals surface area contributed by atoms with Crippen molar-refractivity contribution in [1.29, 1.82) is 0 Å². The molecule has 0 radical (unpaired) electrons. The molecule has 0 spiro atoms. The molecule has 0 aliphatic rings. The van der Waals surface area contributed by atoms with Gasteiger partial charge >= 0.3 is 5.97 Å². The number of benzene rings is 1. The van der Waals surface area contributed by atoms with Gasteiger partial charge in [-0.05, 0) is 17.0 Å². The van der Waals surface area contributed by atoms with E-state index in [1.165, 1.54) is 12.7 Å². The fourth-order valence-corrected chi connectivity index (χ4v) is 1.98. The molecular formula is C15H19N3O2. The van der Waals surface area contributed by atoms with Crippen LogP contribution in [0.2, 0.25) is 0 Å². The van der Waals surface area contributed by atoms with Crippen molar-refractivity contribution in [3.63, 3.8) is 0 Å². The van der Waals surface area contributed by atoms with Gasteiger partial charge < -0.3 is 15.0 Å². The van der Waals surface area contributed by atoms with Gasteiger partial charge in [-0.1, -0.05) is 38.1 Å². The Kier molecular flexibility index (Phi) is 4.08. The number of anilines is 1. The van der Waals surface area contributed by atoms with Crippen LogP contribution in [-0.2, 0) is 11.3 Å². The summed E-state index contributed by atoms with van der Waals surface area (Å²) in [7, 11) is 1.31. The van der Waals surface area contributed by atoms with E-state index in [9.17, 15) is 4.79 Å². The molecule has 2 N–H and O–H groups in total. The van der Waals surface area contributed by atoms with Crippen molar-refractivity contribution in [2.24, 2.45) is 0 Å². The third-order valence-corrected chi connectivity index (χ3v) is 3.26. The molecule has 1 heterocycles. The number of carbonyl (C=O) groups excluding carboxylic acids is 1. The summed E-state index contributed by atoms with van der Waals surface area (Å²) < 4.78 is 6.36. The predicted octanol–water partition coefficient (Wildman–Crippen LogP) is 2.42. The highest BCUT2D eigenvalue weighted by Crippen LogP contribution is 2.17. The molecule has 0 saturated heterocycles. The molecule has 0 aliphatic heterocycles. The quantitative estimate of drug-likeness (QED) is 0.868. The molecule has 5 nitrogen and oxygen atoms in total. The Bertz CT molecular complexity index is 600. The Morgan fingerprint density at radius 2 is 2.00 bits per heavy atom. The number of aromatic nitrogens is 2. The zero-order chi connectivity index (χ0) is 14.7. The number of methoxy groups -OCH3 is 1. The van der Waals surface area contributed by atoms with Crippen molar-refractivity contribution in [3.05, 3.63) is 47.4 Å². The lowest BCUT2D eigenvalue weighted by molar-refractivity contribution is 0.0596. The molecule has 0 atom stereocenters. The highest BCUT2D eigenvalue weighted by atomic mass is 16.5. The molecule has 2 aromatic rings. The van der Waals surface area contributed by atoms with E-state index in [4.69, 9.17) is 5.73 Å². The first-order chi connectivity index (χ1) is 9.52. The minimum absolute atomic E-state index is 0.159. The summed E-state index contributed by atoms with van der Waals surface area (Å²) >= 11 is 0. The van der Waals surface area contributed by atoms with Crippen molar-refractivity contribution >= 4 is 11.8 Å². The summed E-state index contributed by atoms with van der Waals surface area (Å²) in [6.45, 7) is 4.89. The lowest BCUT2D eigenvalue weighted by atomic mass is 10.0. The van der Waals surface area contributed by atoms with Crippen molar-refractivity contribution in [1.82, 2.24) is 9.55 Å². The molecule has 20 heavy (non-hydrogen) atoms. The Labute approximate surface area is 118 Å². The van der Waals surface area contributed by atoms with Gasteiger partial charge in [0.25, 0.3) is 0 Å². The van der Waals surface area contributed by atoms with Crippen molar-refractivity contribution in [2.75, 3.05) is 12.8 Å². The smallest absolute Gasteiger partial charge is 0.360 e. The van der Waals surface area contributed by atoms with Crippen LogP contribution in [0, 0.1) is 0 Å². The number of esters is 1. The van der Waals surface area contributed by atoms with Crippen LogP contribution in [-0.4, -0.2) is 22.6 Å². The summed E-state index contributed by atoms with van der Waals surface area (Å²) in [5.41, 5.74) is 8.46. The number of carbonyl (C=O) groups is 1. The Balaban J connectivity index is 2.18. The van der Waals surface area contributed by atoms with Gasteiger partial charge in [0.2, 0.25) is 0 Å². The number of hydrogen-bond acceptors (Lipinski definition) is 4. The number of rotatable bonds is 4. The van der Waals surface area contributed by atoms with E-state index in [1.54, 1.807) is 10.9 Å². The molecule has 2 rings (SSSR count). The van der Waals surface area contributed by atoms with E-state index in [1.807, 2.05) is 0 Å². The molecular weight excluding hydrogens is 254 g/mol. The highest BCUT2D eigenvalue weighted by Gasteiger charge is 2.16. The number of nitrogens with zero attached hydrogens (tertiary/aromatic N) is 2. The summed E-state index contributed by atoms with van der Waals surface area (Å²) in [4.78, 5) is 15.4. The Morgan fingerprint density at radius 1 is 1.35 bits per heavy atom. The average molecular weight is 273 g/mol. The van der Waals surface area contributed by atoms with Gasteiger partial charge in [-0.2, -0.15) is 0 Å². The SMILES string of the molecule is COC(=O)c1ncn(Cc2ccc(C(C)C)cc2)c1N. The molecule has 0 bridgehead atoms. The first-order valence-electron chi connectivity index (χ1n) is 6.50. The fourth-order valence-electron chi connectivity index (χ4n) is 1.98. The molecule has 0 amide bonds. The van der Waals surface area contributed by atoms with Crippen LogP contribution in [0.4, 0.5) is 5.82 Å². The van der Waals surface area contributed by atoms with E-state index in [0.29, 0.717) is 18.3 Å². The first kappa shape index (κ1) is 14.1. The zero-order valence-corrected chi connectivity index (χ0v) is 12.0. The first-order valence-corrected chi connectivity index (χ1v) is 6.50. The van der Waals surface area contributed by atoms with Crippen LogP contribution in [0.25, 0.3) is 0 Å². The normalized spacial score (nSPS) is 10.8. The van der Waals surface area contributed by atoms with Crippen LogP contribution in [0.1, 0.15) is 41.4 Å². The minimum Gasteiger partial charge on any atom is -0.464 e. The van der Waals surface area contributed by atoms with Gasteiger partial charge in [0.15, 0.2) is 5.69 Å². The van der Waals surface area contributed by atoms with Gasteiger partial charge in [-0.25, -0.2) is 9.78 Å². The fraction of sp³-hybridized carbons (Fsp3) is 0.333. The maximum atomic E-state index is 11.4. The summed E-state index contributed by atoms with van der Waals surface area (Å²) in [6.07, 6.45) is 1.55. The molecule has 0 fully saturated rings. The second-order valence-corrected chi connectivity index (χ2v) is 4.99. The number of nitrogen functional groups attached to an aromatic ring is 1. The number of nitrogens with two attached hydrogens (primary N) is 1. The molecule has 5 heteroatoms. The minimum atomic E-state index is -0.517. The number of ether oxygens (including phenoxy) is 1. The second-order valence-electron chi connectivity index (χ2n) is 4.99. The molecule has 0 unspecified atom stereocenters. The maximum absolute atomic E-state index is 11.4. The lowest BCUT2D eigenvalue weighted by Gasteiger charge is -2.08. The zero-order valence-electron chi connectivity index (χ0n) is 12.0. The summed E-state index contributed by atoms with van der Waals surface area (Å²) in [5.74, 6) is 0.314. The largest absolute Gasteiger partial charge is 0.464 e. The van der Waals surface area contributed by atoms with Gasteiger partial charge in [0.05, 0.1) is 20.0 Å². The standard InChI is InChI=1S/C15H19N3O2/c1-10(2)12-6-4-11(5-7-12)8-18-9-17-13(14(18)16)15(19)20-3/h4-7,9-10H,8,16H2,1-3H3. The third kappa shape index (κ3) is 2.82. The number of imidazole rings is 1. The van der Waals surface area contributed by atoms with Gasteiger partial charge in [0.1, 0.15) is 5.82 Å². The average Bonchev–Trinajstić information content (AvgIpc) is 2.80. The van der Waals surface area contributed by atoms with E-state index in [2.05, 4.69) is 47.8 Å². The van der Waals surface area contributed by atoms with Crippen molar-refractivity contribution < 1.29 is 9.53 Å². The highest BCUT2D eigenvalue weighted by molar-refractivity contribution is 5.92. The van der Waals surface area contributed by atoms with Gasteiger partial charge in [-0.3, -0.25) is 0 Å². The summed E-state index contributed by atoms with van der Waals surface area (Å²) in [5, 5.41) is 0. The second kappa shape index (κ2) is 5.77. The van der Waals surface area contributed by atoms with Crippen molar-refractivity contribution in [3.8, 4) is 0 Å². The van der Waals surface area contributed by atoms with E-state index in [0.717, 1.165) is 5.56 Å². The molecule has 106 valence electrons. The summed E-state index contributed by atoms with van der Waals surface area (Å²) in [6, 6.07) is 8.34. The monoisotopic (exact) mass is 273 g/mol. The molecule has 0 saturated carbocycles. The molecule has 1 aromatic carbocycles. The number of hydrogen-bond donors (Lipinski definition) is 1. The maximum Gasteiger partial charge on any atom is 0.360 e. The predicted molar refractivity (Wildman–Crippen MR) is 77.6 cm³/mol. The molecule has 1 aromatic heterocycles. The Morgan fingerprint density at radius 3 is 2.55 bits per heavy atom. The van der Waals surface area contributed by atoms with E-state index in [-0.39, 0.29) is 5.69 Å². The van der Waals surface area contributed by atoms with E-state index >= 15 is 0 Å². The third-order valence-electron chi connectivity index (χ3n) is 3.26. The topological polar surface area (TPSA) is 70.1 Å². The van der Waals surface area contributed by atoms with Gasteiger partial charge in [0, 0.05) is 0 Å². The van der Waals surface area contributed by atoms with Crippen LogP contribution in [0.15, 0.2) is 30.6 Å². The van der Waals surface area contributed by atoms with Crippen molar-refractivity contribution in [2.45, 2.75) is 26.3 Å². The Hall–Kier alpha value is -2.30. The van der Waals surface area contributed by atoms with Gasteiger partial charge in [-0.15, -0.1) is 0 Å². The van der Waals surface area contributed by atoms with Crippen LogP contribution >= 0.6 is 0 Å². The molecule has 0 aliphatic carbocycles. The van der Waals surface area contributed by atoms with Crippen LogP contribution in [0.5, 0.6) is 0 Å². The van der Waals surface area contributed by atoms with E-state index < -0.39 is 5.97 Å². The van der Waals surface area contributed by atoms with Crippen LogP contribution < -0.4 is 5.73 Å². The lowest BCUT2D eigenvalue weighted by Crippen LogP contribution is -2.09. The van der Waals surface area contributed by atoms with Crippen LogP contribution in [0.3, 0.4) is 0 Å².